The van der Waals surface area contributed by atoms with Crippen molar-refractivity contribution in [1.29, 1.82) is 0 Å². The van der Waals surface area contributed by atoms with Crippen molar-refractivity contribution in [2.24, 2.45) is 5.92 Å². The van der Waals surface area contributed by atoms with Crippen LogP contribution in [0.2, 0.25) is 0 Å². The lowest BCUT2D eigenvalue weighted by molar-refractivity contribution is 0.364. The Bertz CT molecular complexity index is 107. The SMILES string of the molecule is CC(CBr)C(C)NCCN(C)C. The van der Waals surface area contributed by atoms with Gasteiger partial charge in [0.25, 0.3) is 0 Å². The van der Waals surface area contributed by atoms with Crippen LogP contribution in [0, 0.1) is 5.92 Å². The smallest absolute Gasteiger partial charge is 0.0101 e. The van der Waals surface area contributed by atoms with Gasteiger partial charge in [0.1, 0.15) is 0 Å². The molecule has 0 heterocycles. The highest BCUT2D eigenvalue weighted by Gasteiger charge is 2.08. The Balaban J connectivity index is 3.37. The number of nitrogens with one attached hydrogen (secondary N) is 1. The molecule has 3 heteroatoms. The average molecular weight is 237 g/mol. The molecule has 0 aromatic carbocycles. The van der Waals surface area contributed by atoms with Gasteiger partial charge in [-0.15, -0.1) is 0 Å². The second kappa shape index (κ2) is 6.87. The predicted octanol–water partition coefficient (Wildman–Crippen LogP) is 1.56. The second-order valence-electron chi connectivity index (χ2n) is 3.68. The first kappa shape index (κ1) is 12.4. The van der Waals surface area contributed by atoms with Gasteiger partial charge in [-0.2, -0.15) is 0 Å². The van der Waals surface area contributed by atoms with Crippen molar-refractivity contribution in [2.75, 3.05) is 32.5 Å². The van der Waals surface area contributed by atoms with E-state index in [1.165, 1.54) is 0 Å². The van der Waals surface area contributed by atoms with Gasteiger partial charge >= 0.3 is 0 Å². The van der Waals surface area contributed by atoms with Gasteiger partial charge in [-0.25, -0.2) is 0 Å². The van der Waals surface area contributed by atoms with E-state index in [2.05, 4.69) is 54.1 Å². The molecule has 1 N–H and O–H groups in total. The summed E-state index contributed by atoms with van der Waals surface area (Å²) in [7, 11) is 4.19. The van der Waals surface area contributed by atoms with E-state index in [0.29, 0.717) is 12.0 Å². The van der Waals surface area contributed by atoms with Crippen LogP contribution in [-0.4, -0.2) is 43.5 Å². The van der Waals surface area contributed by atoms with Gasteiger partial charge in [-0.3, -0.25) is 0 Å². The summed E-state index contributed by atoms with van der Waals surface area (Å²) in [5.74, 6) is 0.701. The highest BCUT2D eigenvalue weighted by molar-refractivity contribution is 9.09. The fourth-order valence-electron chi connectivity index (χ4n) is 0.851. The standard InChI is InChI=1S/C9H21BrN2/c1-8(7-10)9(2)11-5-6-12(3)4/h8-9,11H,5-7H2,1-4H3. The van der Waals surface area contributed by atoms with Gasteiger partial charge in [0, 0.05) is 24.5 Å². The lowest BCUT2D eigenvalue weighted by atomic mass is 10.1. The van der Waals surface area contributed by atoms with E-state index in [9.17, 15) is 0 Å². The quantitative estimate of drug-likeness (QED) is 0.705. The Labute approximate surface area is 84.8 Å². The van der Waals surface area contributed by atoms with Gasteiger partial charge in [0.2, 0.25) is 0 Å². The minimum Gasteiger partial charge on any atom is -0.313 e. The molecule has 0 fully saturated rings. The van der Waals surface area contributed by atoms with Crippen molar-refractivity contribution in [3.05, 3.63) is 0 Å². The Morgan fingerprint density at radius 3 is 2.33 bits per heavy atom. The van der Waals surface area contributed by atoms with Crippen molar-refractivity contribution in [2.45, 2.75) is 19.9 Å². The zero-order chi connectivity index (χ0) is 9.56. The molecule has 0 rings (SSSR count). The van der Waals surface area contributed by atoms with Crippen LogP contribution in [0.25, 0.3) is 0 Å². The van der Waals surface area contributed by atoms with E-state index >= 15 is 0 Å². The molecule has 0 aromatic rings. The van der Waals surface area contributed by atoms with E-state index in [-0.39, 0.29) is 0 Å². The fraction of sp³-hybridized carbons (Fsp3) is 1.00. The molecule has 0 bridgehead atoms. The first-order valence-electron chi connectivity index (χ1n) is 4.52. The maximum absolute atomic E-state index is 3.49. The first-order valence-corrected chi connectivity index (χ1v) is 5.64. The van der Waals surface area contributed by atoms with Crippen molar-refractivity contribution >= 4 is 15.9 Å². The third-order valence-electron chi connectivity index (χ3n) is 2.12. The summed E-state index contributed by atoms with van der Waals surface area (Å²) in [6, 6.07) is 0.601. The van der Waals surface area contributed by atoms with Crippen LogP contribution in [0.1, 0.15) is 13.8 Å². The van der Waals surface area contributed by atoms with Crippen molar-refractivity contribution in [3.8, 4) is 0 Å². The molecule has 0 saturated heterocycles. The van der Waals surface area contributed by atoms with Crippen LogP contribution in [0.5, 0.6) is 0 Å². The van der Waals surface area contributed by atoms with E-state index in [1.807, 2.05) is 0 Å². The van der Waals surface area contributed by atoms with Crippen LogP contribution in [0.15, 0.2) is 0 Å². The molecule has 0 aliphatic rings. The number of rotatable bonds is 6. The lowest BCUT2D eigenvalue weighted by Crippen LogP contribution is -2.37. The van der Waals surface area contributed by atoms with Gasteiger partial charge in [0.15, 0.2) is 0 Å². The first-order chi connectivity index (χ1) is 5.57. The van der Waals surface area contributed by atoms with E-state index in [0.717, 1.165) is 18.4 Å². The Kier molecular flexibility index (Phi) is 7.10. The molecule has 0 radical (unpaired) electrons. The molecule has 2 atom stereocenters. The minimum atomic E-state index is 0.601. The van der Waals surface area contributed by atoms with Crippen LogP contribution in [0.3, 0.4) is 0 Å². The van der Waals surface area contributed by atoms with E-state index < -0.39 is 0 Å². The summed E-state index contributed by atoms with van der Waals surface area (Å²) in [4.78, 5) is 2.19. The summed E-state index contributed by atoms with van der Waals surface area (Å²) in [5, 5.41) is 4.57. The van der Waals surface area contributed by atoms with Crippen molar-refractivity contribution in [3.63, 3.8) is 0 Å². The van der Waals surface area contributed by atoms with Gasteiger partial charge < -0.3 is 10.2 Å². The lowest BCUT2D eigenvalue weighted by Gasteiger charge is -2.20. The number of hydrogen-bond donors (Lipinski definition) is 1. The monoisotopic (exact) mass is 236 g/mol. The van der Waals surface area contributed by atoms with Gasteiger partial charge in [-0.1, -0.05) is 22.9 Å². The molecule has 74 valence electrons. The normalized spacial score (nSPS) is 16.5. The highest BCUT2D eigenvalue weighted by Crippen LogP contribution is 2.05. The maximum atomic E-state index is 3.49. The Morgan fingerprint density at radius 2 is 1.92 bits per heavy atom. The predicted molar refractivity (Wildman–Crippen MR) is 59.0 cm³/mol. The van der Waals surface area contributed by atoms with Gasteiger partial charge in [0.05, 0.1) is 0 Å². The maximum Gasteiger partial charge on any atom is 0.0101 e. The van der Waals surface area contributed by atoms with Gasteiger partial charge in [-0.05, 0) is 26.9 Å². The molecule has 2 nitrogen and oxygen atoms in total. The molecule has 0 saturated carbocycles. The summed E-state index contributed by atoms with van der Waals surface area (Å²) < 4.78 is 0. The summed E-state index contributed by atoms with van der Waals surface area (Å²) in [6.07, 6.45) is 0. The molecule has 2 unspecified atom stereocenters. The Morgan fingerprint density at radius 1 is 1.33 bits per heavy atom. The molecule has 12 heavy (non-hydrogen) atoms. The third-order valence-corrected chi connectivity index (χ3v) is 3.14. The molecular formula is C9H21BrN2. The summed E-state index contributed by atoms with van der Waals surface area (Å²) >= 11 is 3.49. The van der Waals surface area contributed by atoms with Crippen LogP contribution in [0.4, 0.5) is 0 Å². The number of alkyl halides is 1. The molecule has 0 aromatic heterocycles. The average Bonchev–Trinajstić information content (AvgIpc) is 2.02. The van der Waals surface area contributed by atoms with Crippen molar-refractivity contribution < 1.29 is 0 Å². The minimum absolute atomic E-state index is 0.601. The van der Waals surface area contributed by atoms with E-state index in [1.54, 1.807) is 0 Å². The van der Waals surface area contributed by atoms with Crippen LogP contribution in [-0.2, 0) is 0 Å². The number of nitrogens with zero attached hydrogens (tertiary/aromatic N) is 1. The van der Waals surface area contributed by atoms with E-state index in [4.69, 9.17) is 0 Å². The number of likely N-dealkylation sites (N-methyl/N-ethyl adjacent to an activating group) is 1. The Hall–Kier alpha value is 0.400. The van der Waals surface area contributed by atoms with Crippen LogP contribution >= 0.6 is 15.9 Å². The zero-order valence-electron chi connectivity index (χ0n) is 8.60. The molecule has 0 amide bonds. The molecular weight excluding hydrogens is 216 g/mol. The molecule has 0 aliphatic carbocycles. The molecule has 0 aliphatic heterocycles. The molecule has 0 spiro atoms. The largest absolute Gasteiger partial charge is 0.313 e. The zero-order valence-corrected chi connectivity index (χ0v) is 10.2. The summed E-state index contributed by atoms with van der Waals surface area (Å²) in [5.41, 5.74) is 0. The van der Waals surface area contributed by atoms with Crippen LogP contribution < -0.4 is 5.32 Å². The number of hydrogen-bond acceptors (Lipinski definition) is 2. The second-order valence-corrected chi connectivity index (χ2v) is 4.33. The third kappa shape index (κ3) is 5.98. The summed E-state index contributed by atoms with van der Waals surface area (Å²) in [6.45, 7) is 6.68. The number of halogens is 1. The van der Waals surface area contributed by atoms with Crippen molar-refractivity contribution in [1.82, 2.24) is 10.2 Å². The topological polar surface area (TPSA) is 15.3 Å². The highest BCUT2D eigenvalue weighted by atomic mass is 79.9. The fourth-order valence-corrected chi connectivity index (χ4v) is 1.41.